The van der Waals surface area contributed by atoms with Crippen LogP contribution in [0.2, 0.25) is 5.02 Å². The number of hydrazine groups is 1. The Balaban J connectivity index is 1.68. The number of amides is 2. The van der Waals surface area contributed by atoms with Crippen LogP contribution in [0.25, 0.3) is 0 Å². The maximum absolute atomic E-state index is 12.9. The van der Waals surface area contributed by atoms with E-state index in [0.29, 0.717) is 10.6 Å². The summed E-state index contributed by atoms with van der Waals surface area (Å²) in [6.07, 6.45) is -0.0830. The van der Waals surface area contributed by atoms with Crippen molar-refractivity contribution in [2.75, 3.05) is 11.8 Å². The summed E-state index contributed by atoms with van der Waals surface area (Å²) in [7, 11) is -2.70. The predicted octanol–water partition coefficient (Wildman–Crippen LogP) is 3.29. The molecule has 0 aromatic heterocycles. The van der Waals surface area contributed by atoms with Gasteiger partial charge < -0.3 is 4.74 Å². The molecule has 3 N–H and O–H groups in total. The van der Waals surface area contributed by atoms with Gasteiger partial charge in [0.15, 0.2) is 0 Å². The first kappa shape index (κ1) is 24.0. The van der Waals surface area contributed by atoms with Crippen molar-refractivity contribution in [3.05, 3.63) is 88.7 Å². The van der Waals surface area contributed by atoms with Crippen LogP contribution >= 0.6 is 11.6 Å². The van der Waals surface area contributed by atoms with Crippen molar-refractivity contribution >= 4 is 39.1 Å². The molecule has 172 valence electrons. The normalized spacial score (nSPS) is 10.9. The van der Waals surface area contributed by atoms with Crippen LogP contribution in [0.15, 0.2) is 71.6 Å². The SMILES string of the molecule is COc1ccc(Cl)cc1NS(=O)(=O)c1cccc(C(=O)NNC(=O)Cc2ccc(F)cc2)c1. The molecule has 0 aliphatic heterocycles. The number of nitrogens with one attached hydrogen (secondary N) is 3. The number of ether oxygens (including phenoxy) is 1. The smallest absolute Gasteiger partial charge is 0.269 e. The van der Waals surface area contributed by atoms with Crippen molar-refractivity contribution in [3.8, 4) is 5.75 Å². The Kier molecular flexibility index (Phi) is 7.52. The molecule has 0 spiro atoms. The maximum Gasteiger partial charge on any atom is 0.269 e. The molecule has 0 aliphatic carbocycles. The van der Waals surface area contributed by atoms with Gasteiger partial charge in [-0.05, 0) is 54.1 Å². The number of carbonyl (C=O) groups excluding carboxylic acids is 2. The zero-order valence-corrected chi connectivity index (χ0v) is 18.8. The highest BCUT2D eigenvalue weighted by Gasteiger charge is 2.19. The summed E-state index contributed by atoms with van der Waals surface area (Å²) in [5.41, 5.74) is 5.14. The number of methoxy groups -OCH3 is 1. The molecular weight excluding hydrogens is 473 g/mol. The van der Waals surface area contributed by atoms with Gasteiger partial charge in [-0.3, -0.25) is 25.2 Å². The van der Waals surface area contributed by atoms with E-state index in [1.54, 1.807) is 6.07 Å². The van der Waals surface area contributed by atoms with Gasteiger partial charge in [0.05, 0.1) is 24.1 Å². The number of halogens is 2. The number of hydrogen-bond donors (Lipinski definition) is 3. The van der Waals surface area contributed by atoms with E-state index in [4.69, 9.17) is 16.3 Å². The number of carbonyl (C=O) groups is 2. The van der Waals surface area contributed by atoms with Crippen LogP contribution in [0.5, 0.6) is 5.75 Å². The molecule has 0 radical (unpaired) electrons. The Hall–Kier alpha value is -3.63. The lowest BCUT2D eigenvalue weighted by molar-refractivity contribution is -0.121. The van der Waals surface area contributed by atoms with Gasteiger partial charge in [0, 0.05) is 10.6 Å². The molecular formula is C22H19ClFN3O5S. The minimum absolute atomic E-state index is 0.00184. The van der Waals surface area contributed by atoms with Gasteiger partial charge in [-0.25, -0.2) is 12.8 Å². The van der Waals surface area contributed by atoms with Crippen LogP contribution in [0.1, 0.15) is 15.9 Å². The van der Waals surface area contributed by atoms with E-state index in [1.807, 2.05) is 0 Å². The average Bonchev–Trinajstić information content (AvgIpc) is 2.79. The molecule has 3 aromatic rings. The second-order valence-electron chi connectivity index (χ2n) is 6.78. The number of sulfonamides is 1. The Morgan fingerprint density at radius 1 is 1.00 bits per heavy atom. The Labute approximate surface area is 194 Å². The molecule has 3 aromatic carbocycles. The minimum Gasteiger partial charge on any atom is -0.495 e. The molecule has 0 unspecified atom stereocenters. The summed E-state index contributed by atoms with van der Waals surface area (Å²) >= 11 is 5.94. The fourth-order valence-corrected chi connectivity index (χ4v) is 4.08. The Morgan fingerprint density at radius 2 is 1.73 bits per heavy atom. The molecule has 3 rings (SSSR count). The highest BCUT2D eigenvalue weighted by molar-refractivity contribution is 7.92. The van der Waals surface area contributed by atoms with Crippen molar-refractivity contribution in [1.29, 1.82) is 0 Å². The first-order valence-corrected chi connectivity index (χ1v) is 11.3. The highest BCUT2D eigenvalue weighted by atomic mass is 35.5. The lowest BCUT2D eigenvalue weighted by Gasteiger charge is -2.13. The van der Waals surface area contributed by atoms with Gasteiger partial charge in [-0.15, -0.1) is 0 Å². The fourth-order valence-electron chi connectivity index (χ4n) is 2.80. The summed E-state index contributed by atoms with van der Waals surface area (Å²) in [6.45, 7) is 0. The van der Waals surface area contributed by atoms with Crippen molar-refractivity contribution in [3.63, 3.8) is 0 Å². The molecule has 0 saturated heterocycles. The van der Waals surface area contributed by atoms with E-state index in [-0.39, 0.29) is 28.3 Å². The van der Waals surface area contributed by atoms with Crippen LogP contribution < -0.4 is 20.3 Å². The number of benzene rings is 3. The third-order valence-electron chi connectivity index (χ3n) is 4.41. The second kappa shape index (κ2) is 10.3. The van der Waals surface area contributed by atoms with Crippen LogP contribution in [0, 0.1) is 5.82 Å². The van der Waals surface area contributed by atoms with Crippen LogP contribution in [0.3, 0.4) is 0 Å². The molecule has 33 heavy (non-hydrogen) atoms. The van der Waals surface area contributed by atoms with Crippen LogP contribution in [0.4, 0.5) is 10.1 Å². The summed E-state index contributed by atoms with van der Waals surface area (Å²) in [6, 6.07) is 15.0. The number of rotatable bonds is 7. The lowest BCUT2D eigenvalue weighted by atomic mass is 10.1. The molecule has 0 bridgehead atoms. The summed E-state index contributed by atoms with van der Waals surface area (Å²) < 4.78 is 46.1. The van der Waals surface area contributed by atoms with Crippen molar-refractivity contribution in [1.82, 2.24) is 10.9 Å². The van der Waals surface area contributed by atoms with E-state index in [2.05, 4.69) is 15.6 Å². The van der Waals surface area contributed by atoms with Gasteiger partial charge in [-0.2, -0.15) is 0 Å². The zero-order chi connectivity index (χ0) is 24.0. The molecule has 8 nitrogen and oxygen atoms in total. The largest absolute Gasteiger partial charge is 0.495 e. The topological polar surface area (TPSA) is 114 Å². The quantitative estimate of drug-likeness (QED) is 0.439. The third kappa shape index (κ3) is 6.43. The van der Waals surface area contributed by atoms with Crippen molar-refractivity contribution in [2.24, 2.45) is 0 Å². The van der Waals surface area contributed by atoms with Gasteiger partial charge >= 0.3 is 0 Å². The molecule has 0 saturated carbocycles. The van der Waals surface area contributed by atoms with E-state index in [1.165, 1.54) is 61.7 Å². The fraction of sp³-hybridized carbons (Fsp3) is 0.0909. The molecule has 0 aliphatic rings. The molecule has 2 amide bonds. The standard InChI is InChI=1S/C22H19ClFN3O5S/c1-32-20-10-7-16(23)13-19(20)27-33(30,31)18-4-2-3-15(12-18)22(29)26-25-21(28)11-14-5-8-17(24)9-6-14/h2-10,12-13,27H,11H2,1H3,(H,25,28)(H,26,29). The van der Waals surface area contributed by atoms with Gasteiger partial charge in [0.1, 0.15) is 11.6 Å². The molecule has 0 fully saturated rings. The zero-order valence-electron chi connectivity index (χ0n) is 17.3. The van der Waals surface area contributed by atoms with Gasteiger partial charge in [0.2, 0.25) is 5.91 Å². The number of hydrogen-bond acceptors (Lipinski definition) is 5. The number of anilines is 1. The molecule has 0 heterocycles. The van der Waals surface area contributed by atoms with Gasteiger partial charge in [-0.1, -0.05) is 29.8 Å². The monoisotopic (exact) mass is 491 g/mol. The van der Waals surface area contributed by atoms with Crippen molar-refractivity contribution < 1.29 is 27.1 Å². The molecule has 0 atom stereocenters. The maximum atomic E-state index is 12.9. The lowest BCUT2D eigenvalue weighted by Crippen LogP contribution is -2.42. The van der Waals surface area contributed by atoms with E-state index in [0.717, 1.165) is 6.07 Å². The Morgan fingerprint density at radius 3 is 2.42 bits per heavy atom. The van der Waals surface area contributed by atoms with Gasteiger partial charge in [0.25, 0.3) is 15.9 Å². The summed E-state index contributed by atoms with van der Waals surface area (Å²) in [4.78, 5) is 24.2. The predicted molar refractivity (Wildman–Crippen MR) is 121 cm³/mol. The van der Waals surface area contributed by atoms with E-state index >= 15 is 0 Å². The first-order chi connectivity index (χ1) is 15.7. The average molecular weight is 492 g/mol. The summed E-state index contributed by atoms with van der Waals surface area (Å²) in [5, 5.41) is 0.304. The third-order valence-corrected chi connectivity index (χ3v) is 6.00. The van der Waals surface area contributed by atoms with Crippen LogP contribution in [-0.2, 0) is 21.2 Å². The highest BCUT2D eigenvalue weighted by Crippen LogP contribution is 2.29. The molecule has 11 heteroatoms. The van der Waals surface area contributed by atoms with E-state index < -0.39 is 27.7 Å². The second-order valence-corrected chi connectivity index (χ2v) is 8.90. The van der Waals surface area contributed by atoms with Crippen LogP contribution in [-0.4, -0.2) is 27.3 Å². The summed E-state index contributed by atoms with van der Waals surface area (Å²) in [5.74, 6) is -1.42. The Bertz CT molecular complexity index is 1280. The van der Waals surface area contributed by atoms with E-state index in [9.17, 15) is 22.4 Å². The van der Waals surface area contributed by atoms with Crippen molar-refractivity contribution in [2.45, 2.75) is 11.3 Å². The minimum atomic E-state index is -4.08. The first-order valence-electron chi connectivity index (χ1n) is 9.48.